The molecule has 0 bridgehead atoms. The van der Waals surface area contributed by atoms with Gasteiger partial charge in [0.2, 0.25) is 0 Å². The average Bonchev–Trinajstić information content (AvgIpc) is 2.60. The summed E-state index contributed by atoms with van der Waals surface area (Å²) in [5.41, 5.74) is 0.923. The minimum absolute atomic E-state index is 0.115. The van der Waals surface area contributed by atoms with Crippen LogP contribution in [-0.2, 0) is 6.54 Å². The summed E-state index contributed by atoms with van der Waals surface area (Å²) in [5, 5.41) is 12.3. The molecule has 0 saturated heterocycles. The highest BCUT2D eigenvalue weighted by Crippen LogP contribution is 2.28. The highest BCUT2D eigenvalue weighted by molar-refractivity contribution is 5.74. The van der Waals surface area contributed by atoms with Crippen LogP contribution in [-0.4, -0.2) is 35.7 Å². The van der Waals surface area contributed by atoms with E-state index in [2.05, 4.69) is 5.32 Å². The molecular formula is C20H24N2O3. The van der Waals surface area contributed by atoms with Gasteiger partial charge in [-0.05, 0) is 37.0 Å². The number of hydrogen-bond donors (Lipinski definition) is 2. The third-order valence-electron chi connectivity index (χ3n) is 4.46. The summed E-state index contributed by atoms with van der Waals surface area (Å²) in [4.78, 5) is 13.9. The van der Waals surface area contributed by atoms with E-state index in [1.54, 1.807) is 11.9 Å². The zero-order valence-electron chi connectivity index (χ0n) is 14.4. The van der Waals surface area contributed by atoms with Crippen molar-refractivity contribution >= 4 is 6.03 Å². The van der Waals surface area contributed by atoms with Crippen molar-refractivity contribution in [3.05, 3.63) is 60.2 Å². The van der Waals surface area contributed by atoms with Gasteiger partial charge in [0.1, 0.15) is 11.5 Å². The number of benzene rings is 2. The van der Waals surface area contributed by atoms with E-state index in [0.717, 1.165) is 29.9 Å². The second-order valence-corrected chi connectivity index (χ2v) is 6.55. The number of ether oxygens (including phenoxy) is 1. The minimum Gasteiger partial charge on any atom is -0.457 e. The Morgan fingerprint density at radius 3 is 2.56 bits per heavy atom. The maximum atomic E-state index is 12.3. The Morgan fingerprint density at radius 2 is 1.84 bits per heavy atom. The molecule has 1 aliphatic carbocycles. The average molecular weight is 340 g/mol. The molecule has 2 amide bonds. The second-order valence-electron chi connectivity index (χ2n) is 6.55. The molecule has 1 saturated carbocycles. The smallest absolute Gasteiger partial charge is 0.317 e. The van der Waals surface area contributed by atoms with Crippen molar-refractivity contribution < 1.29 is 14.6 Å². The SMILES string of the molecule is CN(CC1CC(O)C1)C(=O)NCc1ccccc1Oc1ccccc1. The maximum absolute atomic E-state index is 12.3. The Morgan fingerprint density at radius 1 is 1.16 bits per heavy atom. The Labute approximate surface area is 148 Å². The van der Waals surface area contributed by atoms with Crippen LogP contribution in [0.2, 0.25) is 0 Å². The molecule has 0 aliphatic heterocycles. The Kier molecular flexibility index (Phi) is 5.56. The fraction of sp³-hybridized carbons (Fsp3) is 0.350. The van der Waals surface area contributed by atoms with Gasteiger partial charge < -0.3 is 20.1 Å². The third kappa shape index (κ3) is 4.73. The fourth-order valence-corrected chi connectivity index (χ4v) is 2.99. The lowest BCUT2D eigenvalue weighted by Gasteiger charge is -2.34. The molecule has 2 aromatic rings. The first-order chi connectivity index (χ1) is 12.1. The van der Waals surface area contributed by atoms with E-state index < -0.39 is 0 Å². The minimum atomic E-state index is -0.191. The number of urea groups is 1. The molecule has 0 atom stereocenters. The number of hydrogen-bond acceptors (Lipinski definition) is 3. The van der Waals surface area contributed by atoms with E-state index in [-0.39, 0.29) is 12.1 Å². The van der Waals surface area contributed by atoms with Crippen molar-refractivity contribution in [2.24, 2.45) is 5.92 Å². The number of carbonyl (C=O) groups excluding carboxylic acids is 1. The molecule has 0 aromatic heterocycles. The summed E-state index contributed by atoms with van der Waals surface area (Å²) in [6.07, 6.45) is 1.37. The number of rotatable bonds is 6. The monoisotopic (exact) mass is 340 g/mol. The van der Waals surface area contributed by atoms with Crippen molar-refractivity contribution in [2.45, 2.75) is 25.5 Å². The molecule has 5 nitrogen and oxygen atoms in total. The molecule has 2 N–H and O–H groups in total. The van der Waals surface area contributed by atoms with Gasteiger partial charge in [-0.3, -0.25) is 0 Å². The molecule has 0 radical (unpaired) electrons. The van der Waals surface area contributed by atoms with Crippen molar-refractivity contribution in [1.29, 1.82) is 0 Å². The molecule has 5 heteroatoms. The molecule has 3 rings (SSSR count). The molecule has 25 heavy (non-hydrogen) atoms. The van der Waals surface area contributed by atoms with Gasteiger partial charge in [-0.1, -0.05) is 36.4 Å². The summed E-state index contributed by atoms with van der Waals surface area (Å²) in [6.45, 7) is 1.07. The van der Waals surface area contributed by atoms with Crippen molar-refractivity contribution in [3.8, 4) is 11.5 Å². The van der Waals surface area contributed by atoms with Crippen LogP contribution >= 0.6 is 0 Å². The molecular weight excluding hydrogens is 316 g/mol. The van der Waals surface area contributed by atoms with E-state index >= 15 is 0 Å². The van der Waals surface area contributed by atoms with Crippen LogP contribution in [0.1, 0.15) is 18.4 Å². The van der Waals surface area contributed by atoms with E-state index in [1.807, 2.05) is 54.6 Å². The maximum Gasteiger partial charge on any atom is 0.317 e. The number of aliphatic hydroxyl groups excluding tert-OH is 1. The highest BCUT2D eigenvalue weighted by Gasteiger charge is 2.29. The summed E-state index contributed by atoms with van der Waals surface area (Å²) in [6, 6.07) is 17.2. The first kappa shape index (κ1) is 17.3. The summed E-state index contributed by atoms with van der Waals surface area (Å²) in [5.74, 6) is 1.90. The standard InChI is InChI=1S/C20H24N2O3/c1-22(14-15-11-17(23)12-15)20(24)21-13-16-7-5-6-10-19(16)25-18-8-3-2-4-9-18/h2-10,15,17,23H,11-14H2,1H3,(H,21,24). The van der Waals surface area contributed by atoms with Gasteiger partial charge >= 0.3 is 6.03 Å². The Balaban J connectivity index is 1.55. The molecule has 1 fully saturated rings. The largest absolute Gasteiger partial charge is 0.457 e. The van der Waals surface area contributed by atoms with E-state index in [9.17, 15) is 9.90 Å². The first-order valence-corrected chi connectivity index (χ1v) is 8.59. The number of nitrogens with zero attached hydrogens (tertiary/aromatic N) is 1. The zero-order chi connectivity index (χ0) is 17.6. The molecule has 2 aromatic carbocycles. The lowest BCUT2D eigenvalue weighted by atomic mass is 9.82. The third-order valence-corrected chi connectivity index (χ3v) is 4.46. The van der Waals surface area contributed by atoms with Crippen molar-refractivity contribution in [1.82, 2.24) is 10.2 Å². The van der Waals surface area contributed by atoms with Crippen LogP contribution < -0.4 is 10.1 Å². The number of nitrogens with one attached hydrogen (secondary N) is 1. The van der Waals surface area contributed by atoms with Crippen LogP contribution in [0.4, 0.5) is 4.79 Å². The van der Waals surface area contributed by atoms with Crippen LogP contribution in [0.15, 0.2) is 54.6 Å². The van der Waals surface area contributed by atoms with Gasteiger partial charge in [0.25, 0.3) is 0 Å². The topological polar surface area (TPSA) is 61.8 Å². The van der Waals surface area contributed by atoms with Crippen LogP contribution in [0.3, 0.4) is 0 Å². The first-order valence-electron chi connectivity index (χ1n) is 8.59. The lowest BCUT2D eigenvalue weighted by Crippen LogP contribution is -2.43. The van der Waals surface area contributed by atoms with Crippen LogP contribution in [0.5, 0.6) is 11.5 Å². The number of carbonyl (C=O) groups is 1. The predicted molar refractivity (Wildman–Crippen MR) is 96.6 cm³/mol. The van der Waals surface area contributed by atoms with Crippen LogP contribution in [0, 0.1) is 5.92 Å². The number of para-hydroxylation sites is 2. The van der Waals surface area contributed by atoms with Gasteiger partial charge in [-0.2, -0.15) is 0 Å². The fourth-order valence-electron chi connectivity index (χ4n) is 2.99. The zero-order valence-corrected chi connectivity index (χ0v) is 14.4. The normalized spacial score (nSPS) is 19.0. The Hall–Kier alpha value is -2.53. The Bertz CT molecular complexity index is 699. The van der Waals surface area contributed by atoms with E-state index in [1.165, 1.54) is 0 Å². The van der Waals surface area contributed by atoms with Gasteiger partial charge in [0.15, 0.2) is 0 Å². The van der Waals surface area contributed by atoms with Gasteiger partial charge in [-0.15, -0.1) is 0 Å². The van der Waals surface area contributed by atoms with E-state index in [0.29, 0.717) is 19.0 Å². The van der Waals surface area contributed by atoms with E-state index in [4.69, 9.17) is 4.74 Å². The second kappa shape index (κ2) is 8.03. The molecule has 0 spiro atoms. The molecule has 0 heterocycles. The lowest BCUT2D eigenvalue weighted by molar-refractivity contribution is 0.0325. The number of aliphatic hydroxyl groups is 1. The van der Waals surface area contributed by atoms with Gasteiger partial charge in [-0.25, -0.2) is 4.79 Å². The summed E-state index contributed by atoms with van der Waals surface area (Å²) in [7, 11) is 1.78. The quantitative estimate of drug-likeness (QED) is 0.847. The highest BCUT2D eigenvalue weighted by atomic mass is 16.5. The van der Waals surface area contributed by atoms with Crippen LogP contribution in [0.25, 0.3) is 0 Å². The van der Waals surface area contributed by atoms with Crippen molar-refractivity contribution in [2.75, 3.05) is 13.6 Å². The summed E-state index contributed by atoms with van der Waals surface area (Å²) < 4.78 is 5.91. The van der Waals surface area contributed by atoms with Crippen molar-refractivity contribution in [3.63, 3.8) is 0 Å². The number of amides is 2. The predicted octanol–water partition coefficient (Wildman–Crippen LogP) is 3.39. The van der Waals surface area contributed by atoms with Gasteiger partial charge in [0.05, 0.1) is 6.10 Å². The molecule has 1 aliphatic rings. The van der Waals surface area contributed by atoms with Gasteiger partial charge in [0, 0.05) is 25.7 Å². The molecule has 0 unspecified atom stereocenters. The molecule has 132 valence electrons. The summed E-state index contributed by atoms with van der Waals surface area (Å²) >= 11 is 0.